The van der Waals surface area contributed by atoms with Crippen molar-refractivity contribution in [2.75, 3.05) is 0 Å². The Morgan fingerprint density at radius 1 is 0.388 bits per heavy atom. The fraction of sp³-hybridized carbons (Fsp3) is 0. The van der Waals surface area contributed by atoms with Crippen LogP contribution >= 0.6 is 0 Å². The molecular formula is C46H29N3. The van der Waals surface area contributed by atoms with Crippen molar-refractivity contribution in [3.05, 3.63) is 176 Å². The van der Waals surface area contributed by atoms with Gasteiger partial charge in [0, 0.05) is 33.2 Å². The summed E-state index contributed by atoms with van der Waals surface area (Å²) >= 11 is 0. The molecule has 0 unspecified atom stereocenters. The summed E-state index contributed by atoms with van der Waals surface area (Å²) in [6.07, 6.45) is 0. The lowest BCUT2D eigenvalue weighted by Gasteiger charge is -2.16. The largest absolute Gasteiger partial charge is 0.309 e. The van der Waals surface area contributed by atoms with E-state index < -0.39 is 0 Å². The van der Waals surface area contributed by atoms with Gasteiger partial charge in [0.2, 0.25) is 0 Å². The molecule has 0 saturated heterocycles. The summed E-state index contributed by atoms with van der Waals surface area (Å²) < 4.78 is 2.38. The molecule has 0 fully saturated rings. The molecule has 8 aromatic carbocycles. The van der Waals surface area contributed by atoms with E-state index in [-0.39, 0.29) is 0 Å². The van der Waals surface area contributed by atoms with Crippen LogP contribution in [0.1, 0.15) is 0 Å². The van der Waals surface area contributed by atoms with Crippen LogP contribution in [0.4, 0.5) is 0 Å². The monoisotopic (exact) mass is 623 g/mol. The van der Waals surface area contributed by atoms with E-state index in [2.05, 4.69) is 174 Å². The van der Waals surface area contributed by atoms with Crippen molar-refractivity contribution in [1.82, 2.24) is 14.5 Å². The van der Waals surface area contributed by atoms with Crippen molar-refractivity contribution < 1.29 is 0 Å². The molecule has 10 rings (SSSR count). The van der Waals surface area contributed by atoms with Gasteiger partial charge in [0.1, 0.15) is 0 Å². The van der Waals surface area contributed by atoms with Gasteiger partial charge >= 0.3 is 0 Å². The lowest BCUT2D eigenvalue weighted by molar-refractivity contribution is 1.16. The van der Waals surface area contributed by atoms with Crippen molar-refractivity contribution in [1.29, 1.82) is 0 Å². The third kappa shape index (κ3) is 4.37. The highest BCUT2D eigenvalue weighted by Gasteiger charge is 2.20. The molecule has 0 atom stereocenters. The first kappa shape index (κ1) is 27.5. The van der Waals surface area contributed by atoms with Crippen LogP contribution in [-0.4, -0.2) is 14.5 Å². The summed E-state index contributed by atoms with van der Waals surface area (Å²) in [4.78, 5) is 10.7. The highest BCUT2D eigenvalue weighted by atomic mass is 15.0. The van der Waals surface area contributed by atoms with E-state index >= 15 is 0 Å². The van der Waals surface area contributed by atoms with E-state index in [0.717, 1.165) is 39.3 Å². The fourth-order valence-electron chi connectivity index (χ4n) is 7.60. The normalized spacial score (nSPS) is 11.7. The minimum Gasteiger partial charge on any atom is -0.309 e. The van der Waals surface area contributed by atoms with Crippen molar-refractivity contribution in [3.8, 4) is 39.6 Å². The molecule has 0 spiro atoms. The first-order chi connectivity index (χ1) is 24.3. The molecule has 2 aromatic heterocycles. The number of rotatable bonds is 4. The zero-order chi connectivity index (χ0) is 32.3. The zero-order valence-electron chi connectivity index (χ0n) is 26.6. The summed E-state index contributed by atoms with van der Waals surface area (Å²) in [6.45, 7) is 0. The van der Waals surface area contributed by atoms with Crippen molar-refractivity contribution in [3.63, 3.8) is 0 Å². The highest BCUT2D eigenvalue weighted by Crippen LogP contribution is 2.42. The number of benzene rings is 8. The fourth-order valence-corrected chi connectivity index (χ4v) is 7.60. The molecule has 2 heterocycles. The predicted octanol–water partition coefficient (Wildman–Crippen LogP) is 12.0. The molecule has 3 heteroatoms. The van der Waals surface area contributed by atoms with Crippen molar-refractivity contribution >= 4 is 54.1 Å². The Bertz CT molecular complexity index is 2870. The molecule has 0 aliphatic heterocycles. The molecule has 0 aliphatic carbocycles. The van der Waals surface area contributed by atoms with Gasteiger partial charge in [-0.05, 0) is 62.6 Å². The Morgan fingerprint density at radius 3 is 1.88 bits per heavy atom. The Labute approximate surface area is 283 Å². The van der Waals surface area contributed by atoms with Crippen LogP contribution in [0.5, 0.6) is 0 Å². The van der Waals surface area contributed by atoms with Crippen LogP contribution in [0.2, 0.25) is 0 Å². The molecule has 0 saturated carbocycles. The molecule has 10 aromatic rings. The van der Waals surface area contributed by atoms with Gasteiger partial charge in [-0.3, -0.25) is 0 Å². The van der Waals surface area contributed by atoms with Gasteiger partial charge < -0.3 is 4.57 Å². The molecule has 49 heavy (non-hydrogen) atoms. The number of para-hydroxylation sites is 3. The standard InChI is InChI=1S/C46H29N3/c1-3-15-31(16-4-1)46-47-41(39-24-13-23-38-36-22-11-12-25-43(36)49(45(38)39)33-18-5-2-6-19-33)29-42(48-46)44-35-21-10-8-17-32(35)28-40-34-20-9-7-14-30(34)26-27-37(40)44/h1-29H. The summed E-state index contributed by atoms with van der Waals surface area (Å²) in [7, 11) is 0. The summed E-state index contributed by atoms with van der Waals surface area (Å²) in [5.41, 5.74) is 8.37. The summed E-state index contributed by atoms with van der Waals surface area (Å²) in [5.74, 6) is 0.703. The Balaban J connectivity index is 1.34. The first-order valence-corrected chi connectivity index (χ1v) is 16.7. The number of hydrogen-bond acceptors (Lipinski definition) is 2. The number of hydrogen-bond donors (Lipinski definition) is 0. The predicted molar refractivity (Wildman–Crippen MR) is 205 cm³/mol. The smallest absolute Gasteiger partial charge is 0.160 e. The van der Waals surface area contributed by atoms with Gasteiger partial charge in [-0.25, -0.2) is 9.97 Å². The van der Waals surface area contributed by atoms with E-state index in [1.54, 1.807) is 0 Å². The van der Waals surface area contributed by atoms with E-state index in [4.69, 9.17) is 9.97 Å². The van der Waals surface area contributed by atoms with Crippen LogP contribution in [0.3, 0.4) is 0 Å². The molecule has 228 valence electrons. The van der Waals surface area contributed by atoms with Crippen LogP contribution in [0.15, 0.2) is 176 Å². The first-order valence-electron chi connectivity index (χ1n) is 16.7. The summed E-state index contributed by atoms with van der Waals surface area (Å²) in [6, 6.07) is 62.5. The molecule has 3 nitrogen and oxygen atoms in total. The quantitative estimate of drug-likeness (QED) is 0.144. The van der Waals surface area contributed by atoms with Gasteiger partial charge in [0.15, 0.2) is 5.82 Å². The topological polar surface area (TPSA) is 30.7 Å². The van der Waals surface area contributed by atoms with E-state index in [9.17, 15) is 0 Å². The summed E-state index contributed by atoms with van der Waals surface area (Å²) in [5, 5.41) is 9.64. The SMILES string of the molecule is c1ccc(-c2nc(-c3c4ccccc4cc4c3ccc3ccccc34)cc(-c3cccc4c5ccccc5n(-c5ccccc5)c34)n2)cc1. The van der Waals surface area contributed by atoms with Gasteiger partial charge in [-0.15, -0.1) is 0 Å². The Hall–Kier alpha value is -6.58. The lowest BCUT2D eigenvalue weighted by Crippen LogP contribution is -1.99. The molecule has 0 N–H and O–H groups in total. The van der Waals surface area contributed by atoms with Gasteiger partial charge in [0.25, 0.3) is 0 Å². The maximum atomic E-state index is 5.37. The van der Waals surface area contributed by atoms with Crippen LogP contribution < -0.4 is 0 Å². The highest BCUT2D eigenvalue weighted by molar-refractivity contribution is 6.20. The maximum Gasteiger partial charge on any atom is 0.160 e. The molecule has 0 aliphatic rings. The second-order valence-corrected chi connectivity index (χ2v) is 12.6. The van der Waals surface area contributed by atoms with Crippen LogP contribution in [0, 0.1) is 0 Å². The van der Waals surface area contributed by atoms with Crippen molar-refractivity contribution in [2.24, 2.45) is 0 Å². The minimum absolute atomic E-state index is 0.703. The van der Waals surface area contributed by atoms with Crippen LogP contribution in [-0.2, 0) is 0 Å². The van der Waals surface area contributed by atoms with Crippen molar-refractivity contribution in [2.45, 2.75) is 0 Å². The number of nitrogens with zero attached hydrogens (tertiary/aromatic N) is 3. The van der Waals surface area contributed by atoms with Gasteiger partial charge in [-0.1, -0.05) is 146 Å². The molecule has 0 bridgehead atoms. The zero-order valence-corrected chi connectivity index (χ0v) is 26.6. The van der Waals surface area contributed by atoms with Gasteiger partial charge in [0.05, 0.1) is 22.4 Å². The van der Waals surface area contributed by atoms with Gasteiger partial charge in [-0.2, -0.15) is 0 Å². The number of aromatic nitrogens is 3. The second kappa shape index (κ2) is 11.0. The Kier molecular flexibility index (Phi) is 6.18. The van der Waals surface area contributed by atoms with E-state index in [1.807, 2.05) is 6.07 Å². The minimum atomic E-state index is 0.703. The molecule has 0 amide bonds. The third-order valence-electron chi connectivity index (χ3n) is 9.77. The lowest BCUT2D eigenvalue weighted by atomic mass is 9.91. The Morgan fingerprint density at radius 2 is 1.04 bits per heavy atom. The van der Waals surface area contributed by atoms with E-state index in [1.165, 1.54) is 48.6 Å². The van der Waals surface area contributed by atoms with Crippen LogP contribution in [0.25, 0.3) is 93.7 Å². The van der Waals surface area contributed by atoms with E-state index in [0.29, 0.717) is 5.82 Å². The average Bonchev–Trinajstić information content (AvgIpc) is 3.52. The maximum absolute atomic E-state index is 5.37. The third-order valence-corrected chi connectivity index (χ3v) is 9.77. The average molecular weight is 624 g/mol. The second-order valence-electron chi connectivity index (χ2n) is 12.6. The molecule has 0 radical (unpaired) electrons. The molecular weight excluding hydrogens is 595 g/mol. The number of fused-ring (bicyclic) bond motifs is 7.